The van der Waals surface area contributed by atoms with Crippen LogP contribution in [0, 0.1) is 0 Å². The molecule has 0 aliphatic heterocycles. The van der Waals surface area contributed by atoms with Crippen LogP contribution in [0.4, 0.5) is 5.69 Å². The number of rotatable bonds is 4. The second-order valence-corrected chi connectivity index (χ2v) is 5.80. The molecular formula is C14H19BrN4O. The van der Waals surface area contributed by atoms with Crippen molar-refractivity contribution < 1.29 is 4.79 Å². The van der Waals surface area contributed by atoms with Crippen molar-refractivity contribution >= 4 is 33.5 Å². The van der Waals surface area contributed by atoms with E-state index in [2.05, 4.69) is 31.6 Å². The van der Waals surface area contributed by atoms with E-state index in [1.165, 1.54) is 12.8 Å². The maximum absolute atomic E-state index is 11.7. The van der Waals surface area contributed by atoms with Crippen LogP contribution in [-0.4, -0.2) is 24.5 Å². The molecule has 6 heteroatoms. The number of hydrogen-bond donors (Lipinski definition) is 3. The lowest BCUT2D eigenvalue weighted by Gasteiger charge is -2.12. The summed E-state index contributed by atoms with van der Waals surface area (Å²) in [7, 11) is 0. The monoisotopic (exact) mass is 338 g/mol. The van der Waals surface area contributed by atoms with Gasteiger partial charge in [0, 0.05) is 16.2 Å². The third-order valence-corrected chi connectivity index (χ3v) is 3.70. The fourth-order valence-electron chi connectivity index (χ4n) is 2.25. The van der Waals surface area contributed by atoms with Gasteiger partial charge in [-0.1, -0.05) is 34.8 Å². The molecule has 5 nitrogen and oxygen atoms in total. The Labute approximate surface area is 127 Å². The van der Waals surface area contributed by atoms with Gasteiger partial charge in [-0.2, -0.15) is 0 Å². The Kier molecular flexibility index (Phi) is 5.40. The Bertz CT molecular complexity index is 498. The first-order chi connectivity index (χ1) is 9.63. The van der Waals surface area contributed by atoms with E-state index in [0.717, 1.165) is 23.0 Å². The maximum atomic E-state index is 11.7. The van der Waals surface area contributed by atoms with Crippen molar-refractivity contribution in [2.24, 2.45) is 10.7 Å². The lowest BCUT2D eigenvalue weighted by atomic mass is 10.2. The number of anilines is 1. The number of guanidine groups is 1. The normalized spacial score (nSPS) is 16.1. The minimum absolute atomic E-state index is 0.0259. The predicted octanol–water partition coefficient (Wildman–Crippen LogP) is 2.23. The van der Waals surface area contributed by atoms with Crippen LogP contribution in [0.1, 0.15) is 25.7 Å². The highest BCUT2D eigenvalue weighted by Gasteiger charge is 2.14. The quantitative estimate of drug-likeness (QED) is 0.581. The van der Waals surface area contributed by atoms with E-state index in [0.29, 0.717) is 12.0 Å². The molecule has 0 aromatic heterocycles. The fourth-order valence-corrected chi connectivity index (χ4v) is 2.65. The van der Waals surface area contributed by atoms with Crippen LogP contribution in [0.15, 0.2) is 33.7 Å². The summed E-state index contributed by atoms with van der Waals surface area (Å²) >= 11 is 3.35. The Morgan fingerprint density at radius 3 is 2.85 bits per heavy atom. The molecular weight excluding hydrogens is 320 g/mol. The minimum Gasteiger partial charge on any atom is -0.370 e. The Balaban J connectivity index is 1.78. The van der Waals surface area contributed by atoms with Crippen LogP contribution in [0.3, 0.4) is 0 Å². The lowest BCUT2D eigenvalue weighted by Crippen LogP contribution is -2.39. The largest absolute Gasteiger partial charge is 0.370 e. The molecule has 1 aliphatic carbocycles. The summed E-state index contributed by atoms with van der Waals surface area (Å²) in [6.45, 7) is 0.0259. The van der Waals surface area contributed by atoms with Crippen molar-refractivity contribution in [2.75, 3.05) is 11.9 Å². The molecule has 1 aromatic carbocycles. The fraction of sp³-hybridized carbons (Fsp3) is 0.429. The van der Waals surface area contributed by atoms with Gasteiger partial charge in [0.1, 0.15) is 6.54 Å². The number of nitrogens with one attached hydrogen (secondary N) is 2. The van der Waals surface area contributed by atoms with Gasteiger partial charge in [0.25, 0.3) is 0 Å². The third-order valence-electron chi connectivity index (χ3n) is 3.21. The smallest absolute Gasteiger partial charge is 0.246 e. The molecule has 1 saturated carbocycles. The van der Waals surface area contributed by atoms with Crippen LogP contribution in [0.25, 0.3) is 0 Å². The number of hydrogen-bond acceptors (Lipinski definition) is 2. The molecule has 1 fully saturated rings. The molecule has 1 aliphatic rings. The molecule has 20 heavy (non-hydrogen) atoms. The van der Waals surface area contributed by atoms with E-state index < -0.39 is 0 Å². The SMILES string of the molecule is NC(=NCC(=O)Nc1cccc(Br)c1)NC1CCCC1. The third kappa shape index (κ3) is 4.85. The average Bonchev–Trinajstić information content (AvgIpc) is 2.89. The maximum Gasteiger partial charge on any atom is 0.246 e. The number of benzene rings is 1. The second kappa shape index (κ2) is 7.28. The molecule has 0 unspecified atom stereocenters. The Morgan fingerprint density at radius 2 is 2.15 bits per heavy atom. The van der Waals surface area contributed by atoms with Crippen molar-refractivity contribution in [1.29, 1.82) is 0 Å². The molecule has 0 saturated heterocycles. The van der Waals surface area contributed by atoms with Crippen LogP contribution in [0.5, 0.6) is 0 Å². The zero-order valence-corrected chi connectivity index (χ0v) is 12.8. The van der Waals surface area contributed by atoms with Crippen molar-refractivity contribution in [1.82, 2.24) is 5.32 Å². The van der Waals surface area contributed by atoms with Gasteiger partial charge >= 0.3 is 0 Å². The second-order valence-electron chi connectivity index (χ2n) is 4.89. The first-order valence-corrected chi connectivity index (χ1v) is 7.54. The highest BCUT2D eigenvalue weighted by molar-refractivity contribution is 9.10. The van der Waals surface area contributed by atoms with Crippen LogP contribution in [-0.2, 0) is 4.79 Å². The van der Waals surface area contributed by atoms with E-state index in [1.807, 2.05) is 24.3 Å². The highest BCUT2D eigenvalue weighted by atomic mass is 79.9. The molecule has 0 spiro atoms. The summed E-state index contributed by atoms with van der Waals surface area (Å²) in [6.07, 6.45) is 4.71. The minimum atomic E-state index is -0.181. The first kappa shape index (κ1) is 14.8. The Hall–Kier alpha value is -1.56. The van der Waals surface area contributed by atoms with Gasteiger partial charge in [0.05, 0.1) is 0 Å². The number of carbonyl (C=O) groups is 1. The summed E-state index contributed by atoms with van der Waals surface area (Å²) < 4.78 is 0.918. The van der Waals surface area contributed by atoms with Crippen LogP contribution < -0.4 is 16.4 Å². The zero-order valence-electron chi connectivity index (χ0n) is 11.2. The highest BCUT2D eigenvalue weighted by Crippen LogP contribution is 2.17. The number of carbonyl (C=O) groups excluding carboxylic acids is 1. The van der Waals surface area contributed by atoms with E-state index in [-0.39, 0.29) is 12.5 Å². The van der Waals surface area contributed by atoms with Crippen LogP contribution in [0.2, 0.25) is 0 Å². The van der Waals surface area contributed by atoms with Gasteiger partial charge < -0.3 is 16.4 Å². The summed E-state index contributed by atoms with van der Waals surface area (Å²) in [5.41, 5.74) is 6.51. The lowest BCUT2D eigenvalue weighted by molar-refractivity contribution is -0.114. The summed E-state index contributed by atoms with van der Waals surface area (Å²) in [5.74, 6) is 0.167. The van der Waals surface area contributed by atoms with E-state index >= 15 is 0 Å². The molecule has 2 rings (SSSR count). The van der Waals surface area contributed by atoms with Crippen molar-refractivity contribution in [3.63, 3.8) is 0 Å². The molecule has 0 heterocycles. The van der Waals surface area contributed by atoms with Gasteiger partial charge in [0.2, 0.25) is 5.91 Å². The van der Waals surface area contributed by atoms with Crippen molar-refractivity contribution in [3.05, 3.63) is 28.7 Å². The van der Waals surface area contributed by atoms with Gasteiger partial charge in [-0.25, -0.2) is 4.99 Å². The molecule has 0 radical (unpaired) electrons. The van der Waals surface area contributed by atoms with E-state index in [4.69, 9.17) is 5.73 Å². The standard InChI is InChI=1S/C14H19BrN4O/c15-10-4-3-7-12(8-10)18-13(20)9-17-14(16)19-11-5-1-2-6-11/h3-4,7-8,11H,1-2,5-6,9H2,(H,18,20)(H3,16,17,19). The van der Waals surface area contributed by atoms with Gasteiger partial charge in [-0.3, -0.25) is 4.79 Å². The summed E-state index contributed by atoms with van der Waals surface area (Å²) in [6, 6.07) is 7.83. The molecule has 1 aromatic rings. The Morgan fingerprint density at radius 1 is 1.40 bits per heavy atom. The molecule has 4 N–H and O–H groups in total. The predicted molar refractivity (Wildman–Crippen MR) is 84.7 cm³/mol. The number of nitrogens with zero attached hydrogens (tertiary/aromatic N) is 1. The van der Waals surface area contributed by atoms with Gasteiger partial charge in [0.15, 0.2) is 5.96 Å². The van der Waals surface area contributed by atoms with Gasteiger partial charge in [-0.05, 0) is 31.0 Å². The van der Waals surface area contributed by atoms with E-state index in [1.54, 1.807) is 0 Å². The molecule has 0 bridgehead atoms. The summed E-state index contributed by atoms with van der Waals surface area (Å²) in [4.78, 5) is 15.8. The van der Waals surface area contributed by atoms with Gasteiger partial charge in [-0.15, -0.1) is 0 Å². The van der Waals surface area contributed by atoms with Crippen molar-refractivity contribution in [2.45, 2.75) is 31.7 Å². The van der Waals surface area contributed by atoms with Crippen molar-refractivity contribution in [3.8, 4) is 0 Å². The number of amides is 1. The van der Waals surface area contributed by atoms with Crippen LogP contribution >= 0.6 is 15.9 Å². The number of nitrogens with two attached hydrogens (primary N) is 1. The molecule has 0 atom stereocenters. The molecule has 1 amide bonds. The van der Waals surface area contributed by atoms with E-state index in [9.17, 15) is 4.79 Å². The first-order valence-electron chi connectivity index (χ1n) is 6.75. The zero-order chi connectivity index (χ0) is 14.4. The number of halogens is 1. The average molecular weight is 339 g/mol. The summed E-state index contributed by atoms with van der Waals surface area (Å²) in [5, 5.41) is 5.92. The topological polar surface area (TPSA) is 79.5 Å². The number of aliphatic imine (C=N–C) groups is 1. The molecule has 108 valence electrons.